The number of sulfonamides is 1. The van der Waals surface area contributed by atoms with Gasteiger partial charge in [0.05, 0.1) is 11.4 Å². The molecule has 0 unspecified atom stereocenters. The smallest absolute Gasteiger partial charge is 0.243 e. The van der Waals surface area contributed by atoms with Crippen molar-refractivity contribution in [2.24, 2.45) is 0 Å². The third-order valence-electron chi connectivity index (χ3n) is 3.76. The van der Waals surface area contributed by atoms with Crippen LogP contribution >= 0.6 is 35.0 Å². The number of hydrogen-bond donors (Lipinski definition) is 1. The van der Waals surface area contributed by atoms with E-state index in [1.165, 1.54) is 49.1 Å². The van der Waals surface area contributed by atoms with Crippen LogP contribution in [0.25, 0.3) is 0 Å². The van der Waals surface area contributed by atoms with Crippen LogP contribution in [-0.4, -0.2) is 44.5 Å². The van der Waals surface area contributed by atoms with Crippen LogP contribution in [0.2, 0.25) is 10.0 Å². The third-order valence-corrected chi connectivity index (χ3v) is 7.17. The second-order valence-electron chi connectivity index (χ2n) is 5.82. The van der Waals surface area contributed by atoms with Crippen LogP contribution in [0, 0.1) is 5.82 Å². The van der Waals surface area contributed by atoms with Crippen LogP contribution in [0.3, 0.4) is 0 Å². The molecule has 10 heteroatoms. The number of benzene rings is 2. The van der Waals surface area contributed by atoms with Crippen molar-refractivity contribution in [3.8, 4) is 0 Å². The van der Waals surface area contributed by atoms with Crippen LogP contribution in [0.4, 0.5) is 4.39 Å². The molecule has 0 fully saturated rings. The van der Waals surface area contributed by atoms with Gasteiger partial charge >= 0.3 is 0 Å². The van der Waals surface area contributed by atoms with E-state index in [0.717, 1.165) is 4.31 Å². The molecular formula is C18H19Cl2FN2O3S2. The number of likely N-dealkylation sites (N-methyl/N-ethyl adjacent to an activating group) is 1. The fraction of sp³-hybridized carbons (Fsp3) is 0.278. The van der Waals surface area contributed by atoms with Gasteiger partial charge in [-0.3, -0.25) is 4.79 Å². The minimum atomic E-state index is -3.78. The SMILES string of the molecule is CN(CC(=O)NCCSCc1c(F)cccc1Cl)S(=O)(=O)c1ccc(Cl)cc1. The maximum absolute atomic E-state index is 13.7. The average Bonchev–Trinajstić information content (AvgIpc) is 2.64. The topological polar surface area (TPSA) is 66.5 Å². The maximum atomic E-state index is 13.7. The number of hydrogen-bond acceptors (Lipinski definition) is 4. The number of nitrogens with zero attached hydrogens (tertiary/aromatic N) is 1. The van der Waals surface area contributed by atoms with Crippen molar-refractivity contribution in [1.29, 1.82) is 0 Å². The lowest BCUT2D eigenvalue weighted by Gasteiger charge is -2.17. The van der Waals surface area contributed by atoms with E-state index >= 15 is 0 Å². The summed E-state index contributed by atoms with van der Waals surface area (Å²) in [6.07, 6.45) is 0. The second kappa shape index (κ2) is 10.5. The molecule has 28 heavy (non-hydrogen) atoms. The van der Waals surface area contributed by atoms with Crippen LogP contribution in [-0.2, 0) is 20.6 Å². The van der Waals surface area contributed by atoms with Gasteiger partial charge in [-0.1, -0.05) is 29.3 Å². The maximum Gasteiger partial charge on any atom is 0.243 e. The first kappa shape index (κ1) is 23.0. The van der Waals surface area contributed by atoms with Gasteiger partial charge in [-0.25, -0.2) is 12.8 Å². The van der Waals surface area contributed by atoms with E-state index in [0.29, 0.717) is 33.7 Å². The Labute approximate surface area is 178 Å². The predicted octanol–water partition coefficient (Wildman–Crippen LogP) is 3.80. The van der Waals surface area contributed by atoms with Gasteiger partial charge in [0.1, 0.15) is 5.82 Å². The summed E-state index contributed by atoms with van der Waals surface area (Å²) in [5.74, 6) is 0.124. The number of halogens is 3. The summed E-state index contributed by atoms with van der Waals surface area (Å²) >= 11 is 13.1. The van der Waals surface area contributed by atoms with E-state index in [9.17, 15) is 17.6 Å². The number of amides is 1. The summed E-state index contributed by atoms with van der Waals surface area (Å²) in [5.41, 5.74) is 0.425. The fourth-order valence-electron chi connectivity index (χ4n) is 2.24. The van der Waals surface area contributed by atoms with Crippen molar-refractivity contribution in [3.63, 3.8) is 0 Å². The van der Waals surface area contributed by atoms with Gasteiger partial charge in [0.2, 0.25) is 15.9 Å². The fourth-order valence-corrected chi connectivity index (χ4v) is 4.69. The molecule has 2 aromatic rings. The molecule has 0 aliphatic carbocycles. The zero-order valence-electron chi connectivity index (χ0n) is 15.0. The van der Waals surface area contributed by atoms with Crippen LogP contribution in [0.15, 0.2) is 47.4 Å². The standard InChI is InChI=1S/C18H19Cl2FN2O3S2/c1-23(28(25,26)14-7-5-13(19)6-8-14)11-18(24)22-9-10-27-12-15-16(20)3-2-4-17(15)21/h2-8H,9-12H2,1H3,(H,22,24). The monoisotopic (exact) mass is 464 g/mol. The van der Waals surface area contributed by atoms with Crippen molar-refractivity contribution in [1.82, 2.24) is 9.62 Å². The largest absolute Gasteiger partial charge is 0.354 e. The van der Waals surface area contributed by atoms with Gasteiger partial charge in [-0.2, -0.15) is 16.1 Å². The van der Waals surface area contributed by atoms with Crippen LogP contribution < -0.4 is 5.32 Å². The summed E-state index contributed by atoms with van der Waals surface area (Å²) in [5, 5.41) is 3.44. The van der Waals surface area contributed by atoms with Gasteiger partial charge in [-0.05, 0) is 36.4 Å². The zero-order valence-corrected chi connectivity index (χ0v) is 18.1. The van der Waals surface area contributed by atoms with E-state index in [2.05, 4.69) is 5.32 Å². The van der Waals surface area contributed by atoms with E-state index in [4.69, 9.17) is 23.2 Å². The van der Waals surface area contributed by atoms with Gasteiger partial charge in [0.25, 0.3) is 0 Å². The molecule has 0 radical (unpaired) electrons. The molecular weight excluding hydrogens is 446 g/mol. The minimum Gasteiger partial charge on any atom is -0.354 e. The molecule has 0 atom stereocenters. The highest BCUT2D eigenvalue weighted by molar-refractivity contribution is 7.98. The van der Waals surface area contributed by atoms with E-state index in [-0.39, 0.29) is 17.3 Å². The number of thioether (sulfide) groups is 1. The molecule has 0 spiro atoms. The molecule has 152 valence electrons. The second-order valence-corrected chi connectivity index (χ2v) is 9.81. The lowest BCUT2D eigenvalue weighted by molar-refractivity contribution is -0.121. The number of nitrogens with one attached hydrogen (secondary N) is 1. The van der Waals surface area contributed by atoms with E-state index < -0.39 is 15.9 Å². The van der Waals surface area contributed by atoms with Crippen molar-refractivity contribution in [2.75, 3.05) is 25.9 Å². The molecule has 0 saturated heterocycles. The first-order valence-corrected chi connectivity index (χ1v) is 11.6. The molecule has 1 N–H and O–H groups in total. The Morgan fingerprint density at radius 2 is 1.86 bits per heavy atom. The lowest BCUT2D eigenvalue weighted by Crippen LogP contribution is -2.39. The summed E-state index contributed by atoms with van der Waals surface area (Å²) < 4.78 is 39.5. The third kappa shape index (κ3) is 6.35. The molecule has 0 aliphatic heterocycles. The predicted molar refractivity (Wildman–Crippen MR) is 112 cm³/mol. The first-order chi connectivity index (χ1) is 13.2. The number of carbonyl (C=O) groups excluding carboxylic acids is 1. The Bertz CT molecular complexity index is 905. The summed E-state index contributed by atoms with van der Waals surface area (Å²) in [6, 6.07) is 10.2. The normalized spacial score (nSPS) is 11.6. The van der Waals surface area contributed by atoms with Gasteiger partial charge in [0, 0.05) is 40.7 Å². The molecule has 0 aliphatic rings. The number of carbonyl (C=O) groups is 1. The Balaban J connectivity index is 1.77. The highest BCUT2D eigenvalue weighted by Gasteiger charge is 2.22. The van der Waals surface area contributed by atoms with Crippen molar-refractivity contribution in [2.45, 2.75) is 10.6 Å². The lowest BCUT2D eigenvalue weighted by atomic mass is 10.2. The number of rotatable bonds is 9. The van der Waals surface area contributed by atoms with Crippen molar-refractivity contribution >= 4 is 50.9 Å². The van der Waals surface area contributed by atoms with Crippen LogP contribution in [0.1, 0.15) is 5.56 Å². The Hall–Kier alpha value is -1.32. The molecule has 0 heterocycles. The highest BCUT2D eigenvalue weighted by Crippen LogP contribution is 2.23. The summed E-state index contributed by atoms with van der Waals surface area (Å²) in [4.78, 5) is 12.1. The molecule has 0 aromatic heterocycles. The average molecular weight is 465 g/mol. The molecule has 2 aromatic carbocycles. The Morgan fingerprint density at radius 3 is 2.50 bits per heavy atom. The Morgan fingerprint density at radius 1 is 1.18 bits per heavy atom. The van der Waals surface area contributed by atoms with Gasteiger partial charge < -0.3 is 5.32 Å². The highest BCUT2D eigenvalue weighted by atomic mass is 35.5. The van der Waals surface area contributed by atoms with Crippen molar-refractivity contribution < 1.29 is 17.6 Å². The molecule has 1 amide bonds. The zero-order chi connectivity index (χ0) is 20.7. The molecule has 2 rings (SSSR count). The molecule has 0 saturated carbocycles. The quantitative estimate of drug-likeness (QED) is 0.573. The van der Waals surface area contributed by atoms with E-state index in [1.54, 1.807) is 12.1 Å². The summed E-state index contributed by atoms with van der Waals surface area (Å²) in [6.45, 7) is 0.0131. The van der Waals surface area contributed by atoms with Crippen molar-refractivity contribution in [3.05, 3.63) is 63.9 Å². The van der Waals surface area contributed by atoms with Gasteiger partial charge in [0.15, 0.2) is 0 Å². The molecule has 0 bridgehead atoms. The first-order valence-electron chi connectivity index (χ1n) is 8.21. The van der Waals surface area contributed by atoms with E-state index in [1.807, 2.05) is 0 Å². The summed E-state index contributed by atoms with van der Waals surface area (Å²) in [7, 11) is -2.45. The molecule has 5 nitrogen and oxygen atoms in total. The Kier molecular flexibility index (Phi) is 8.57. The van der Waals surface area contributed by atoms with Crippen LogP contribution in [0.5, 0.6) is 0 Å². The van der Waals surface area contributed by atoms with Gasteiger partial charge in [-0.15, -0.1) is 0 Å². The minimum absolute atomic E-state index is 0.0597.